The average molecular weight is 392 g/mol. The van der Waals surface area contributed by atoms with Gasteiger partial charge in [0.15, 0.2) is 0 Å². The van der Waals surface area contributed by atoms with E-state index in [2.05, 4.69) is 5.32 Å². The molecule has 0 spiro atoms. The largest absolute Gasteiger partial charge is 0.352 e. The van der Waals surface area contributed by atoms with E-state index in [1.165, 1.54) is 15.9 Å². The molecule has 1 atom stereocenters. The molecule has 0 aliphatic carbocycles. The van der Waals surface area contributed by atoms with E-state index in [-0.39, 0.29) is 18.5 Å². The van der Waals surface area contributed by atoms with Crippen LogP contribution in [0.25, 0.3) is 15.9 Å². The van der Waals surface area contributed by atoms with E-state index < -0.39 is 11.2 Å². The van der Waals surface area contributed by atoms with Crippen LogP contribution in [0, 0.1) is 0 Å². The lowest BCUT2D eigenvalue weighted by Gasteiger charge is -2.14. The molecule has 6 nitrogen and oxygen atoms in total. The van der Waals surface area contributed by atoms with Gasteiger partial charge < -0.3 is 5.32 Å². The van der Waals surface area contributed by atoms with Crippen molar-refractivity contribution in [2.45, 2.75) is 32.9 Å². The number of rotatable bonds is 5. The molecule has 2 heterocycles. The van der Waals surface area contributed by atoms with Crippen molar-refractivity contribution < 1.29 is 4.79 Å². The molecule has 3 rings (SSSR count). The van der Waals surface area contributed by atoms with Crippen molar-refractivity contribution in [3.8, 4) is 5.69 Å². The first-order valence-electron chi connectivity index (χ1n) is 8.20. The van der Waals surface area contributed by atoms with Gasteiger partial charge in [-0.3, -0.25) is 14.2 Å². The lowest BCUT2D eigenvalue weighted by atomic mass is 10.2. The Bertz CT molecular complexity index is 1070. The fourth-order valence-corrected chi connectivity index (χ4v) is 3.57. The third-order valence-electron chi connectivity index (χ3n) is 4.16. The van der Waals surface area contributed by atoms with Crippen LogP contribution >= 0.6 is 22.9 Å². The number of thiophene rings is 1. The van der Waals surface area contributed by atoms with E-state index in [4.69, 9.17) is 11.6 Å². The molecule has 1 aromatic carbocycles. The lowest BCUT2D eigenvalue weighted by Crippen LogP contribution is -2.42. The minimum Gasteiger partial charge on any atom is -0.352 e. The van der Waals surface area contributed by atoms with Gasteiger partial charge in [0.25, 0.3) is 5.56 Å². The van der Waals surface area contributed by atoms with Gasteiger partial charge in [-0.1, -0.05) is 18.5 Å². The second kappa shape index (κ2) is 7.47. The Kier molecular flexibility index (Phi) is 5.29. The van der Waals surface area contributed by atoms with Crippen LogP contribution in [0.1, 0.15) is 20.3 Å². The number of carbonyl (C=O) groups excluding carboxylic acids is 1. The zero-order valence-corrected chi connectivity index (χ0v) is 15.9. The summed E-state index contributed by atoms with van der Waals surface area (Å²) in [6.07, 6.45) is 0.790. The fourth-order valence-electron chi connectivity index (χ4n) is 2.62. The van der Waals surface area contributed by atoms with E-state index in [0.717, 1.165) is 11.0 Å². The molecule has 0 bridgehead atoms. The molecule has 1 unspecified atom stereocenters. The second-order valence-corrected chi connectivity index (χ2v) is 7.35. The summed E-state index contributed by atoms with van der Waals surface area (Å²) in [5.74, 6) is -0.268. The normalized spacial score (nSPS) is 12.3. The number of fused-ring (bicyclic) bond motifs is 1. The van der Waals surface area contributed by atoms with Crippen LogP contribution in [0.3, 0.4) is 0 Å². The summed E-state index contributed by atoms with van der Waals surface area (Å²) >= 11 is 7.14. The predicted octanol–water partition coefficient (Wildman–Crippen LogP) is 2.78. The molecule has 8 heteroatoms. The topological polar surface area (TPSA) is 73.1 Å². The van der Waals surface area contributed by atoms with Gasteiger partial charge in [-0.2, -0.15) is 0 Å². The zero-order chi connectivity index (χ0) is 18.8. The van der Waals surface area contributed by atoms with Crippen LogP contribution in [-0.2, 0) is 11.3 Å². The molecule has 26 heavy (non-hydrogen) atoms. The Labute approximate surface area is 158 Å². The molecule has 0 aliphatic heterocycles. The van der Waals surface area contributed by atoms with E-state index in [0.29, 0.717) is 20.9 Å². The van der Waals surface area contributed by atoms with Gasteiger partial charge in [-0.25, -0.2) is 9.36 Å². The van der Waals surface area contributed by atoms with Gasteiger partial charge >= 0.3 is 5.69 Å². The maximum absolute atomic E-state index is 13.0. The predicted molar refractivity (Wildman–Crippen MR) is 105 cm³/mol. The number of carbonyl (C=O) groups is 1. The first-order valence-corrected chi connectivity index (χ1v) is 9.46. The first-order chi connectivity index (χ1) is 12.4. The minimum absolute atomic E-state index is 0.0123. The molecule has 0 aliphatic rings. The maximum atomic E-state index is 13.0. The van der Waals surface area contributed by atoms with Crippen molar-refractivity contribution in [3.05, 3.63) is 61.6 Å². The highest BCUT2D eigenvalue weighted by molar-refractivity contribution is 7.17. The monoisotopic (exact) mass is 391 g/mol. The number of nitrogens with zero attached hydrogens (tertiary/aromatic N) is 2. The number of halogens is 1. The first kappa shape index (κ1) is 18.4. The maximum Gasteiger partial charge on any atom is 0.336 e. The number of nitrogens with one attached hydrogen (secondary N) is 1. The molecule has 0 saturated carbocycles. The van der Waals surface area contributed by atoms with Crippen molar-refractivity contribution in [2.24, 2.45) is 0 Å². The Hall–Kier alpha value is -2.38. The molecule has 1 amide bonds. The van der Waals surface area contributed by atoms with Gasteiger partial charge in [0.1, 0.15) is 11.2 Å². The van der Waals surface area contributed by atoms with Gasteiger partial charge in [0.05, 0.1) is 11.2 Å². The number of aromatic nitrogens is 2. The van der Waals surface area contributed by atoms with Gasteiger partial charge in [0.2, 0.25) is 5.91 Å². The van der Waals surface area contributed by atoms with Crippen molar-refractivity contribution in [1.82, 2.24) is 14.5 Å². The van der Waals surface area contributed by atoms with Crippen molar-refractivity contribution >= 4 is 39.1 Å². The lowest BCUT2D eigenvalue weighted by molar-refractivity contribution is -0.122. The van der Waals surface area contributed by atoms with Crippen LogP contribution < -0.4 is 16.6 Å². The molecule has 0 saturated heterocycles. The number of hydrogen-bond acceptors (Lipinski definition) is 4. The molecular formula is C18H18ClN3O3S. The Morgan fingerprint density at radius 2 is 1.92 bits per heavy atom. The smallest absolute Gasteiger partial charge is 0.336 e. The van der Waals surface area contributed by atoms with Crippen molar-refractivity contribution in [3.63, 3.8) is 0 Å². The summed E-state index contributed by atoms with van der Waals surface area (Å²) < 4.78 is 2.83. The van der Waals surface area contributed by atoms with Crippen LogP contribution in [0.5, 0.6) is 0 Å². The van der Waals surface area contributed by atoms with Crippen LogP contribution in [0.15, 0.2) is 45.3 Å². The summed E-state index contributed by atoms with van der Waals surface area (Å²) in [7, 11) is 0. The van der Waals surface area contributed by atoms with Gasteiger partial charge in [0, 0.05) is 11.1 Å². The van der Waals surface area contributed by atoms with Gasteiger partial charge in [-0.05, 0) is 49.1 Å². The average Bonchev–Trinajstić information content (AvgIpc) is 3.10. The number of hydrogen-bond donors (Lipinski definition) is 1. The number of benzene rings is 1. The van der Waals surface area contributed by atoms with Crippen LogP contribution in [-0.4, -0.2) is 21.1 Å². The summed E-state index contributed by atoms with van der Waals surface area (Å²) in [4.78, 5) is 38.1. The molecular weight excluding hydrogens is 374 g/mol. The third-order valence-corrected chi connectivity index (χ3v) is 5.30. The third kappa shape index (κ3) is 3.45. The van der Waals surface area contributed by atoms with E-state index in [9.17, 15) is 14.4 Å². The van der Waals surface area contributed by atoms with Crippen molar-refractivity contribution in [2.75, 3.05) is 0 Å². The van der Waals surface area contributed by atoms with Crippen LogP contribution in [0.4, 0.5) is 0 Å². The molecule has 1 N–H and O–H groups in total. The number of amides is 1. The van der Waals surface area contributed by atoms with E-state index >= 15 is 0 Å². The summed E-state index contributed by atoms with van der Waals surface area (Å²) in [6, 6.07) is 8.13. The molecule has 0 radical (unpaired) electrons. The Balaban J connectivity index is 2.16. The van der Waals surface area contributed by atoms with E-state index in [1.54, 1.807) is 35.7 Å². The fraction of sp³-hybridized carbons (Fsp3) is 0.278. The summed E-state index contributed by atoms with van der Waals surface area (Å²) in [6.45, 7) is 3.72. The second-order valence-electron chi connectivity index (χ2n) is 6.00. The minimum atomic E-state index is -0.553. The molecule has 2 aromatic heterocycles. The standard InChI is InChI=1S/C18H18ClN3O3S/c1-3-11(2)20-15(23)10-21-14-8-9-26-16(14)17(24)22(18(21)25)13-6-4-12(19)5-7-13/h4-9,11H,3,10H2,1-2H3,(H,20,23). The molecule has 136 valence electrons. The van der Waals surface area contributed by atoms with E-state index in [1.807, 2.05) is 13.8 Å². The Morgan fingerprint density at radius 1 is 1.23 bits per heavy atom. The molecule has 0 fully saturated rings. The summed E-state index contributed by atoms with van der Waals surface area (Å²) in [5.41, 5.74) is -0.0752. The van der Waals surface area contributed by atoms with Gasteiger partial charge in [-0.15, -0.1) is 11.3 Å². The van der Waals surface area contributed by atoms with Crippen LogP contribution in [0.2, 0.25) is 5.02 Å². The Morgan fingerprint density at radius 3 is 2.58 bits per heavy atom. The summed E-state index contributed by atoms with van der Waals surface area (Å²) in [5, 5.41) is 5.09. The van der Waals surface area contributed by atoms with Crippen molar-refractivity contribution in [1.29, 1.82) is 0 Å². The SMILES string of the molecule is CCC(C)NC(=O)Cn1c(=O)n(-c2ccc(Cl)cc2)c(=O)c2sccc21. The highest BCUT2D eigenvalue weighted by atomic mass is 35.5. The quantitative estimate of drug-likeness (QED) is 0.726. The molecule has 3 aromatic rings. The highest BCUT2D eigenvalue weighted by Gasteiger charge is 2.18. The zero-order valence-electron chi connectivity index (χ0n) is 14.4. The highest BCUT2D eigenvalue weighted by Crippen LogP contribution is 2.17.